The standard InChI is InChI=1S/C27H26FN3O/c1-18(32)30-24-5-3-2-4-19(24)10-12-26-13-11-21-14-25-20(15-27(21,26)17-26)16-29-31(25)23-8-6-22(28)7-9-23/h2-9,14,16H,10-13,15,17H2,1H3,(H,30,32)/t26-,27?/m1/s1. The number of hydrogen-bond donors (Lipinski definition) is 1. The van der Waals surface area contributed by atoms with Gasteiger partial charge in [0.25, 0.3) is 0 Å². The first-order valence-electron chi connectivity index (χ1n) is 11.4. The lowest BCUT2D eigenvalue weighted by molar-refractivity contribution is -0.114. The molecule has 2 aromatic carbocycles. The number of benzene rings is 2. The number of anilines is 1. The summed E-state index contributed by atoms with van der Waals surface area (Å²) in [6.07, 6.45) is 11.1. The summed E-state index contributed by atoms with van der Waals surface area (Å²) in [6, 6.07) is 14.7. The summed E-state index contributed by atoms with van der Waals surface area (Å²) >= 11 is 0. The first-order chi connectivity index (χ1) is 15.5. The Hall–Kier alpha value is -3.21. The van der Waals surface area contributed by atoms with Crippen molar-refractivity contribution < 1.29 is 9.18 Å². The maximum atomic E-state index is 13.4. The molecule has 4 nitrogen and oxygen atoms in total. The van der Waals surface area contributed by atoms with Crippen molar-refractivity contribution in [1.82, 2.24) is 9.78 Å². The number of carbonyl (C=O) groups is 1. The Morgan fingerprint density at radius 3 is 2.81 bits per heavy atom. The second kappa shape index (κ2) is 6.89. The Kier molecular flexibility index (Phi) is 4.19. The first-order valence-corrected chi connectivity index (χ1v) is 11.4. The van der Waals surface area contributed by atoms with E-state index in [1.54, 1.807) is 24.6 Å². The fraction of sp³-hybridized carbons (Fsp3) is 0.333. The van der Waals surface area contributed by atoms with E-state index < -0.39 is 0 Å². The summed E-state index contributed by atoms with van der Waals surface area (Å²) in [6.45, 7) is 1.56. The van der Waals surface area contributed by atoms with E-state index in [2.05, 4.69) is 28.6 Å². The number of hydrogen-bond acceptors (Lipinski definition) is 2. The molecule has 32 heavy (non-hydrogen) atoms. The fourth-order valence-electron chi connectivity index (χ4n) is 6.34. The van der Waals surface area contributed by atoms with E-state index in [0.29, 0.717) is 5.41 Å². The molecule has 0 saturated heterocycles. The van der Waals surface area contributed by atoms with Crippen LogP contribution in [-0.4, -0.2) is 15.7 Å². The minimum Gasteiger partial charge on any atom is -0.326 e. The zero-order chi connectivity index (χ0) is 21.9. The van der Waals surface area contributed by atoms with E-state index in [1.807, 2.05) is 23.0 Å². The monoisotopic (exact) mass is 427 g/mol. The highest BCUT2D eigenvalue weighted by Crippen LogP contribution is 2.79. The molecule has 2 saturated carbocycles. The predicted molar refractivity (Wildman–Crippen MR) is 123 cm³/mol. The summed E-state index contributed by atoms with van der Waals surface area (Å²) in [7, 11) is 0. The molecular formula is C27H26FN3O. The third kappa shape index (κ3) is 2.87. The highest BCUT2D eigenvalue weighted by Gasteiger charge is 2.71. The normalized spacial score (nSPS) is 24.9. The number of para-hydroxylation sites is 1. The molecule has 1 heterocycles. The van der Waals surface area contributed by atoms with Crippen LogP contribution in [0.25, 0.3) is 11.8 Å². The van der Waals surface area contributed by atoms with Crippen LogP contribution in [0.1, 0.15) is 49.4 Å². The van der Waals surface area contributed by atoms with Crippen molar-refractivity contribution in [3.63, 3.8) is 0 Å². The van der Waals surface area contributed by atoms with Crippen molar-refractivity contribution in [3.05, 3.63) is 82.9 Å². The smallest absolute Gasteiger partial charge is 0.221 e. The van der Waals surface area contributed by atoms with Gasteiger partial charge in [0, 0.05) is 18.0 Å². The lowest BCUT2D eigenvalue weighted by Crippen LogP contribution is -2.18. The molecule has 1 unspecified atom stereocenters. The minimum atomic E-state index is -0.231. The quantitative estimate of drug-likeness (QED) is 0.567. The van der Waals surface area contributed by atoms with Gasteiger partial charge in [0.1, 0.15) is 5.82 Å². The van der Waals surface area contributed by atoms with E-state index >= 15 is 0 Å². The molecule has 0 radical (unpaired) electrons. The van der Waals surface area contributed by atoms with Gasteiger partial charge in [-0.15, -0.1) is 0 Å². The molecule has 3 aliphatic rings. The Morgan fingerprint density at radius 2 is 2.00 bits per heavy atom. The third-order valence-electron chi connectivity index (χ3n) is 7.98. The van der Waals surface area contributed by atoms with Crippen molar-refractivity contribution in [2.45, 2.75) is 45.4 Å². The van der Waals surface area contributed by atoms with Gasteiger partial charge in [-0.1, -0.05) is 23.8 Å². The molecule has 2 fully saturated rings. The molecular weight excluding hydrogens is 401 g/mol. The van der Waals surface area contributed by atoms with Gasteiger partial charge in [-0.05, 0) is 91.5 Å². The average Bonchev–Trinajstić information content (AvgIpc) is 3.06. The van der Waals surface area contributed by atoms with Crippen molar-refractivity contribution in [1.29, 1.82) is 0 Å². The Bertz CT molecular complexity index is 1260. The lowest BCUT2D eigenvalue weighted by Gasteiger charge is -2.24. The number of nitrogens with one attached hydrogen (secondary N) is 1. The van der Waals surface area contributed by atoms with Crippen molar-refractivity contribution in [3.8, 4) is 5.69 Å². The minimum absolute atomic E-state index is 0.0254. The highest BCUT2D eigenvalue weighted by atomic mass is 19.1. The van der Waals surface area contributed by atoms with Crippen molar-refractivity contribution in [2.75, 3.05) is 5.32 Å². The number of fused-ring (bicyclic) bond motifs is 1. The lowest BCUT2D eigenvalue weighted by atomic mass is 9.80. The van der Waals surface area contributed by atoms with E-state index in [4.69, 9.17) is 0 Å². The number of aryl methyl sites for hydroxylation is 1. The Labute approximate surface area is 187 Å². The van der Waals surface area contributed by atoms with Gasteiger partial charge < -0.3 is 5.32 Å². The van der Waals surface area contributed by atoms with Gasteiger partial charge in [0.2, 0.25) is 5.91 Å². The van der Waals surface area contributed by atoms with Crippen molar-refractivity contribution >= 4 is 17.7 Å². The second-order valence-electron chi connectivity index (χ2n) is 9.67. The number of carbonyl (C=O) groups excluding carboxylic acids is 1. The summed E-state index contributed by atoms with van der Waals surface area (Å²) in [5.74, 6) is -0.256. The van der Waals surface area contributed by atoms with Crippen molar-refractivity contribution in [2.24, 2.45) is 10.8 Å². The molecule has 3 aromatic rings. The second-order valence-corrected chi connectivity index (χ2v) is 9.67. The summed E-state index contributed by atoms with van der Waals surface area (Å²) in [5, 5.41) is 7.62. The van der Waals surface area contributed by atoms with Gasteiger partial charge >= 0.3 is 0 Å². The predicted octanol–water partition coefficient (Wildman–Crippen LogP) is 5.71. The molecule has 6 rings (SSSR count). The van der Waals surface area contributed by atoms with Gasteiger partial charge in [-0.2, -0.15) is 5.10 Å². The summed E-state index contributed by atoms with van der Waals surface area (Å²) in [5.41, 5.74) is 7.69. The van der Waals surface area contributed by atoms with E-state index in [-0.39, 0.29) is 17.1 Å². The van der Waals surface area contributed by atoms with Gasteiger partial charge in [-0.25, -0.2) is 9.07 Å². The maximum Gasteiger partial charge on any atom is 0.221 e. The van der Waals surface area contributed by atoms with E-state index in [9.17, 15) is 9.18 Å². The highest BCUT2D eigenvalue weighted by molar-refractivity contribution is 5.89. The van der Waals surface area contributed by atoms with Crippen LogP contribution in [0.15, 0.2) is 60.3 Å². The van der Waals surface area contributed by atoms with Crippen LogP contribution in [0.3, 0.4) is 0 Å². The third-order valence-corrected chi connectivity index (χ3v) is 7.98. The van der Waals surface area contributed by atoms with Crippen LogP contribution in [0.2, 0.25) is 0 Å². The molecule has 2 atom stereocenters. The molecule has 162 valence electrons. The SMILES string of the molecule is CC(=O)Nc1ccccc1CC[C@]12CCC3=Cc4c(cnn4-c4ccc(F)cc4)CC31C2. The van der Waals surface area contributed by atoms with Crippen LogP contribution in [0.4, 0.5) is 10.1 Å². The largest absolute Gasteiger partial charge is 0.326 e. The molecule has 0 bridgehead atoms. The number of amides is 1. The average molecular weight is 428 g/mol. The van der Waals surface area contributed by atoms with Crippen LogP contribution in [0, 0.1) is 16.6 Å². The maximum absolute atomic E-state index is 13.4. The molecule has 1 aromatic heterocycles. The summed E-state index contributed by atoms with van der Waals surface area (Å²) < 4.78 is 15.3. The zero-order valence-electron chi connectivity index (χ0n) is 18.2. The Balaban J connectivity index is 1.25. The Morgan fingerprint density at radius 1 is 1.19 bits per heavy atom. The molecule has 0 aliphatic heterocycles. The number of allylic oxidation sites excluding steroid dienone is 1. The summed E-state index contributed by atoms with van der Waals surface area (Å²) in [4.78, 5) is 11.6. The number of halogens is 1. The van der Waals surface area contributed by atoms with Gasteiger partial charge in [0.05, 0.1) is 17.6 Å². The van der Waals surface area contributed by atoms with Crippen LogP contribution in [0.5, 0.6) is 0 Å². The molecule has 3 aliphatic carbocycles. The van der Waals surface area contributed by atoms with Gasteiger partial charge in [-0.3, -0.25) is 4.79 Å². The van der Waals surface area contributed by atoms with Gasteiger partial charge in [0.15, 0.2) is 0 Å². The molecule has 1 spiro atoms. The number of nitrogens with zero attached hydrogens (tertiary/aromatic N) is 2. The molecule has 5 heteroatoms. The van der Waals surface area contributed by atoms with Crippen LogP contribution >= 0.6 is 0 Å². The van der Waals surface area contributed by atoms with E-state index in [1.165, 1.54) is 36.1 Å². The van der Waals surface area contributed by atoms with E-state index in [0.717, 1.165) is 42.8 Å². The fourth-order valence-corrected chi connectivity index (χ4v) is 6.34. The zero-order valence-corrected chi connectivity index (χ0v) is 18.2. The molecule has 1 N–H and O–H groups in total. The van der Waals surface area contributed by atoms with Crippen LogP contribution < -0.4 is 5.32 Å². The van der Waals surface area contributed by atoms with Crippen LogP contribution in [-0.2, 0) is 17.6 Å². The number of rotatable bonds is 5. The molecule has 1 amide bonds. The number of aromatic nitrogens is 2. The first kappa shape index (κ1) is 19.5. The topological polar surface area (TPSA) is 46.9 Å².